The number of nitrogens with one attached hydrogen (secondary N) is 1. The summed E-state index contributed by atoms with van der Waals surface area (Å²) in [4.78, 5) is 11.6. The van der Waals surface area contributed by atoms with Gasteiger partial charge in [0, 0.05) is 19.6 Å². The topological polar surface area (TPSA) is 38.3 Å². The Labute approximate surface area is 143 Å². The number of ether oxygens (including phenoxy) is 1. The number of carbonyl (C=O) groups is 1. The van der Waals surface area contributed by atoms with Gasteiger partial charge in [-0.25, -0.2) is 0 Å². The Morgan fingerprint density at radius 1 is 1.17 bits per heavy atom. The van der Waals surface area contributed by atoms with Gasteiger partial charge in [0.2, 0.25) is 5.91 Å². The summed E-state index contributed by atoms with van der Waals surface area (Å²) in [6, 6.07) is 5.32. The summed E-state index contributed by atoms with van der Waals surface area (Å²) in [6.45, 7) is -1.00. The third-order valence-electron chi connectivity index (χ3n) is 2.91. The third kappa shape index (κ3) is 9.69. The summed E-state index contributed by atoms with van der Waals surface area (Å²) in [6.07, 6.45) is -2.29. The fraction of sp³-hybridized carbons (Fsp3) is 0.533. The minimum Gasteiger partial charge on any atom is -0.372 e. The molecule has 0 bridgehead atoms. The molecule has 0 radical (unpaired) electrons. The van der Waals surface area contributed by atoms with Crippen LogP contribution in [0.25, 0.3) is 0 Å². The van der Waals surface area contributed by atoms with Gasteiger partial charge in [0.15, 0.2) is 0 Å². The van der Waals surface area contributed by atoms with Gasteiger partial charge in [-0.2, -0.15) is 13.2 Å². The average Bonchev–Trinajstić information content (AvgIpc) is 2.45. The number of aryl methyl sites for hydroxylation is 1. The molecule has 0 aliphatic carbocycles. The Hall–Kier alpha value is -0.980. The molecule has 1 N–H and O–H groups in total. The highest BCUT2D eigenvalue weighted by Crippen LogP contribution is 2.23. The summed E-state index contributed by atoms with van der Waals surface area (Å²) in [5.41, 5.74) is 0.993. The van der Waals surface area contributed by atoms with Gasteiger partial charge in [-0.15, -0.1) is 0 Å². The molecular weight excluding hydrogens is 354 g/mol. The van der Waals surface area contributed by atoms with Crippen LogP contribution in [0.3, 0.4) is 0 Å². The maximum Gasteiger partial charge on any atom is 0.411 e. The first kappa shape index (κ1) is 20.1. The Morgan fingerprint density at radius 3 is 2.57 bits per heavy atom. The molecule has 0 aliphatic rings. The minimum absolute atomic E-state index is 0.0386. The van der Waals surface area contributed by atoms with Crippen molar-refractivity contribution in [3.05, 3.63) is 33.8 Å². The number of hydrogen-bond donors (Lipinski definition) is 1. The molecule has 130 valence electrons. The number of halogens is 5. The van der Waals surface area contributed by atoms with E-state index in [1.165, 1.54) is 0 Å². The summed E-state index contributed by atoms with van der Waals surface area (Å²) in [7, 11) is 0. The summed E-state index contributed by atoms with van der Waals surface area (Å²) >= 11 is 11.7. The van der Waals surface area contributed by atoms with Crippen molar-refractivity contribution >= 4 is 29.1 Å². The van der Waals surface area contributed by atoms with Crippen molar-refractivity contribution in [1.82, 2.24) is 5.32 Å². The molecule has 0 heterocycles. The van der Waals surface area contributed by atoms with Crippen LogP contribution in [0.4, 0.5) is 13.2 Å². The summed E-state index contributed by atoms with van der Waals surface area (Å²) < 4.78 is 39.9. The first-order valence-corrected chi connectivity index (χ1v) is 7.88. The fourth-order valence-corrected chi connectivity index (χ4v) is 2.15. The van der Waals surface area contributed by atoms with Crippen LogP contribution in [-0.4, -0.2) is 31.8 Å². The smallest absolute Gasteiger partial charge is 0.372 e. The maximum atomic E-state index is 11.8. The summed E-state index contributed by atoms with van der Waals surface area (Å²) in [5, 5.41) is 3.61. The lowest BCUT2D eigenvalue weighted by Gasteiger charge is -2.08. The number of benzene rings is 1. The second kappa shape index (κ2) is 10.0. The molecule has 0 saturated heterocycles. The Kier molecular flexibility index (Phi) is 8.73. The number of carbonyl (C=O) groups excluding carboxylic acids is 1. The highest BCUT2D eigenvalue weighted by atomic mass is 35.5. The number of hydrogen-bond acceptors (Lipinski definition) is 2. The molecule has 1 amide bonds. The molecule has 1 rings (SSSR count). The highest BCUT2D eigenvalue weighted by Gasteiger charge is 2.27. The van der Waals surface area contributed by atoms with E-state index >= 15 is 0 Å². The van der Waals surface area contributed by atoms with E-state index in [1.807, 2.05) is 6.07 Å². The van der Waals surface area contributed by atoms with E-state index in [0.29, 0.717) is 42.3 Å². The van der Waals surface area contributed by atoms with E-state index in [9.17, 15) is 18.0 Å². The lowest BCUT2D eigenvalue weighted by Crippen LogP contribution is -2.25. The van der Waals surface area contributed by atoms with Crippen LogP contribution in [0.5, 0.6) is 0 Å². The monoisotopic (exact) mass is 371 g/mol. The van der Waals surface area contributed by atoms with E-state index in [1.54, 1.807) is 12.1 Å². The van der Waals surface area contributed by atoms with Gasteiger partial charge in [-0.3, -0.25) is 4.79 Å². The predicted molar refractivity (Wildman–Crippen MR) is 83.9 cm³/mol. The largest absolute Gasteiger partial charge is 0.411 e. The van der Waals surface area contributed by atoms with E-state index in [0.717, 1.165) is 5.56 Å². The molecule has 0 spiro atoms. The Bertz CT molecular complexity index is 510. The number of amides is 1. The lowest BCUT2D eigenvalue weighted by atomic mass is 10.1. The molecule has 23 heavy (non-hydrogen) atoms. The van der Waals surface area contributed by atoms with E-state index in [2.05, 4.69) is 10.1 Å². The second-order valence-electron chi connectivity index (χ2n) is 4.97. The molecule has 8 heteroatoms. The van der Waals surface area contributed by atoms with E-state index < -0.39 is 12.8 Å². The second-order valence-corrected chi connectivity index (χ2v) is 5.79. The lowest BCUT2D eigenvalue weighted by molar-refractivity contribution is -0.174. The fourth-order valence-electron chi connectivity index (χ4n) is 1.83. The van der Waals surface area contributed by atoms with Crippen LogP contribution in [0, 0.1) is 0 Å². The average molecular weight is 372 g/mol. The van der Waals surface area contributed by atoms with Crippen molar-refractivity contribution in [2.45, 2.75) is 31.9 Å². The van der Waals surface area contributed by atoms with Crippen LogP contribution in [0.2, 0.25) is 10.0 Å². The standard InChI is InChI=1S/C15H18Cl2F3NO2/c16-12-6-5-11(9-13(12)17)3-1-4-14(22)21-7-2-8-23-10-15(18,19)20/h5-6,9H,1-4,7-8,10H2,(H,21,22). The SMILES string of the molecule is O=C(CCCc1ccc(Cl)c(Cl)c1)NCCCOCC(F)(F)F. The van der Waals surface area contributed by atoms with Gasteiger partial charge in [0.25, 0.3) is 0 Å². The van der Waals surface area contributed by atoms with Gasteiger partial charge in [-0.05, 0) is 37.0 Å². The molecule has 0 atom stereocenters. The molecule has 0 aliphatic heterocycles. The first-order valence-electron chi connectivity index (χ1n) is 7.13. The zero-order chi connectivity index (χ0) is 17.3. The van der Waals surface area contributed by atoms with Gasteiger partial charge in [0.1, 0.15) is 6.61 Å². The molecule has 1 aromatic carbocycles. The van der Waals surface area contributed by atoms with Crippen LogP contribution in [-0.2, 0) is 16.0 Å². The third-order valence-corrected chi connectivity index (χ3v) is 3.65. The Morgan fingerprint density at radius 2 is 1.91 bits per heavy atom. The van der Waals surface area contributed by atoms with Crippen molar-refractivity contribution < 1.29 is 22.7 Å². The summed E-state index contributed by atoms with van der Waals surface area (Å²) in [5.74, 6) is -0.138. The molecule has 0 unspecified atom stereocenters. The minimum atomic E-state index is -4.31. The van der Waals surface area contributed by atoms with Crippen LogP contribution < -0.4 is 5.32 Å². The molecule has 1 aromatic rings. The van der Waals surface area contributed by atoms with Crippen molar-refractivity contribution in [1.29, 1.82) is 0 Å². The molecule has 0 aromatic heterocycles. The van der Waals surface area contributed by atoms with Crippen LogP contribution in [0.15, 0.2) is 18.2 Å². The maximum absolute atomic E-state index is 11.8. The molecule has 3 nitrogen and oxygen atoms in total. The van der Waals surface area contributed by atoms with Crippen molar-refractivity contribution in [2.75, 3.05) is 19.8 Å². The quantitative estimate of drug-likeness (QED) is 0.653. The highest BCUT2D eigenvalue weighted by molar-refractivity contribution is 6.42. The van der Waals surface area contributed by atoms with Crippen molar-refractivity contribution in [3.63, 3.8) is 0 Å². The normalized spacial score (nSPS) is 11.5. The molecular formula is C15H18Cl2F3NO2. The van der Waals surface area contributed by atoms with Crippen LogP contribution >= 0.6 is 23.2 Å². The van der Waals surface area contributed by atoms with Gasteiger partial charge >= 0.3 is 6.18 Å². The first-order chi connectivity index (χ1) is 10.8. The Balaban J connectivity index is 2.07. The van der Waals surface area contributed by atoms with E-state index in [4.69, 9.17) is 23.2 Å². The number of alkyl halides is 3. The van der Waals surface area contributed by atoms with Gasteiger partial charge in [-0.1, -0.05) is 29.3 Å². The van der Waals surface area contributed by atoms with Crippen molar-refractivity contribution in [2.24, 2.45) is 0 Å². The van der Waals surface area contributed by atoms with Crippen molar-refractivity contribution in [3.8, 4) is 0 Å². The predicted octanol–water partition coefficient (Wildman–Crippen LogP) is 4.40. The zero-order valence-corrected chi connectivity index (χ0v) is 13.9. The van der Waals surface area contributed by atoms with Gasteiger partial charge in [0.05, 0.1) is 10.0 Å². The van der Waals surface area contributed by atoms with Gasteiger partial charge < -0.3 is 10.1 Å². The number of rotatable bonds is 9. The molecule has 0 fully saturated rings. The molecule has 0 saturated carbocycles. The zero-order valence-electron chi connectivity index (χ0n) is 12.4. The van der Waals surface area contributed by atoms with E-state index in [-0.39, 0.29) is 12.5 Å². The van der Waals surface area contributed by atoms with Crippen LogP contribution in [0.1, 0.15) is 24.8 Å².